The second-order valence-electron chi connectivity index (χ2n) is 34.9. The van der Waals surface area contributed by atoms with Crippen LogP contribution in [0, 0.1) is 27.6 Å². The molecule has 24 nitrogen and oxygen atoms in total. The Labute approximate surface area is 790 Å². The third-order valence-corrected chi connectivity index (χ3v) is 37.2. The second kappa shape index (κ2) is 48.9. The average Bonchev–Trinajstić information content (AvgIpc) is 1.54. The normalized spacial score (nSPS) is 19.9. The number of nitrogens with zero attached hydrogens (tertiary/aromatic N) is 1. The fourth-order valence-corrected chi connectivity index (χ4v) is 29.5. The molecule has 0 radical (unpaired) electrons. The van der Waals surface area contributed by atoms with Crippen LogP contribution in [0.15, 0.2) is 136 Å². The monoisotopic (exact) mass is 2060 g/mol. The number of benzene rings is 6. The Kier molecular flexibility index (Phi) is 41.6. The fraction of sp³-hybridized carbons (Fsp3) is 0.593. The summed E-state index contributed by atoms with van der Waals surface area (Å²) in [5.74, 6) is -9.53. The summed E-state index contributed by atoms with van der Waals surface area (Å²) in [6.07, 6.45) is -14.1. The summed E-state index contributed by atoms with van der Waals surface area (Å²) < 4.78 is 306. The van der Waals surface area contributed by atoms with E-state index in [1.54, 1.807) is 28.4 Å². The number of carbonyl (C=O) groups excluding carboxylic acids is 4. The van der Waals surface area contributed by atoms with Crippen molar-refractivity contribution in [3.63, 3.8) is 0 Å². The number of hydrogen-bond donors (Lipinski definition) is 0. The molecule has 0 aromatic heterocycles. The van der Waals surface area contributed by atoms with E-state index in [1.807, 2.05) is 52.9 Å². The van der Waals surface area contributed by atoms with E-state index in [2.05, 4.69) is 124 Å². The van der Waals surface area contributed by atoms with Gasteiger partial charge in [-0.1, -0.05) is 98.7 Å². The molecule has 4 heterocycles. The number of ketones is 2. The molecule has 2 saturated carbocycles. The Hall–Kier alpha value is -7.11. The third kappa shape index (κ3) is 30.0. The zero-order valence-corrected chi connectivity index (χ0v) is 82.7. The Bertz CT molecular complexity index is 5080. The number of methoxy groups -OCH3 is 4. The Balaban J connectivity index is 0.000000225. The maximum Gasteiger partial charge on any atom is 0.460 e. The number of sulfonamides is 1. The van der Waals surface area contributed by atoms with Gasteiger partial charge in [-0.3, -0.25) is 14.4 Å². The van der Waals surface area contributed by atoms with Gasteiger partial charge in [0.1, 0.15) is 98.5 Å². The van der Waals surface area contributed by atoms with Gasteiger partial charge in [-0.15, -0.1) is 0 Å². The van der Waals surface area contributed by atoms with Crippen LogP contribution in [0.4, 0.5) is 57.1 Å². The Morgan fingerprint density at radius 1 is 0.548 bits per heavy atom. The molecule has 6 aromatic rings. The lowest BCUT2D eigenvalue weighted by molar-refractivity contribution is -0.357. The van der Waals surface area contributed by atoms with Crippen molar-refractivity contribution in [3.8, 4) is 23.0 Å². The number of carbonyl (C=O) groups is 4. The van der Waals surface area contributed by atoms with Gasteiger partial charge in [0.15, 0.2) is 30.4 Å². The van der Waals surface area contributed by atoms with Gasteiger partial charge >= 0.3 is 41.4 Å². The number of alkyl halides is 13. The van der Waals surface area contributed by atoms with Crippen LogP contribution in [0.3, 0.4) is 0 Å². The van der Waals surface area contributed by atoms with Gasteiger partial charge in [0, 0.05) is 113 Å². The molecular formula is C91H117F13NO23S7+. The van der Waals surface area contributed by atoms with E-state index in [4.69, 9.17) is 37.9 Å². The molecule has 0 spiro atoms. The van der Waals surface area contributed by atoms with Crippen molar-refractivity contribution >= 4 is 125 Å². The van der Waals surface area contributed by atoms with E-state index in [-0.39, 0.29) is 80.4 Å². The smallest absolute Gasteiger partial charge is 0.460 e. The molecule has 7 atom stereocenters. The van der Waals surface area contributed by atoms with Crippen LogP contribution < -0.4 is 24.1 Å². The topological polar surface area (TPSA) is 345 Å². The molecule has 4 aliphatic heterocycles. The molecule has 756 valence electrons. The molecule has 12 rings (SSSR count). The van der Waals surface area contributed by atoms with Crippen LogP contribution in [0.2, 0.25) is 0 Å². The quantitative estimate of drug-likeness (QED) is 0.00570. The number of rotatable bonds is 31. The first kappa shape index (κ1) is 115. The van der Waals surface area contributed by atoms with E-state index in [0.29, 0.717) is 48.2 Å². The summed E-state index contributed by atoms with van der Waals surface area (Å²) in [5, 5.41) is 11.0. The highest BCUT2D eigenvalue weighted by Gasteiger charge is 2.74. The molecule has 0 N–H and O–H groups in total. The Morgan fingerprint density at radius 2 is 0.941 bits per heavy atom. The van der Waals surface area contributed by atoms with E-state index in [9.17, 15) is 116 Å². The Morgan fingerprint density at radius 3 is 1.27 bits per heavy atom. The highest BCUT2D eigenvalue weighted by Crippen LogP contribution is 2.67. The van der Waals surface area contributed by atoms with Crippen LogP contribution in [0.1, 0.15) is 141 Å². The zero-order chi connectivity index (χ0) is 101. The maximum absolute atomic E-state index is 13.6. The second-order valence-corrected chi connectivity index (χ2v) is 48.6. The van der Waals surface area contributed by atoms with Crippen molar-refractivity contribution in [1.29, 1.82) is 0 Å². The van der Waals surface area contributed by atoms with Crippen molar-refractivity contribution in [2.75, 3.05) is 133 Å². The summed E-state index contributed by atoms with van der Waals surface area (Å²) in [6.45, 7) is 22.7. The number of ether oxygens (including phenoxy) is 10. The predicted octanol–water partition coefficient (Wildman–Crippen LogP) is 16.0. The SMILES string of the molecule is CC1(C)C2CCC1(CS(=O)(=O)N=C([O-])C(F)(F)C(F)(F)C(F)(F)F)C(OC(=O)C(F)S(=O)(=O)[O-])C2.CCCC(=O)OC(C(F)(F)F)C(F)(F)S(=O)(=O)[O-].COCCOc1ccc([S+]2CCCC2)c2ccccc12.COCCOc1ccc([S+]2CCCC2)c2ccccc12.COc1ccc(C(=O)C([S+]2CCOCC2)C(C)(C)C)cc1.COc1ccc(C(=O)C([S+]2CCOCC2)C(C)(C)C)cc1. The highest BCUT2D eigenvalue weighted by atomic mass is 32.2. The van der Waals surface area contributed by atoms with Gasteiger partial charge in [-0.2, -0.15) is 57.1 Å². The molecule has 44 heteroatoms. The van der Waals surface area contributed by atoms with Gasteiger partial charge < -0.3 is 61.6 Å². The molecule has 0 amide bonds. The van der Waals surface area contributed by atoms with Crippen LogP contribution in [-0.2, 0) is 112 Å². The molecule has 2 aliphatic carbocycles. The molecule has 2 bridgehead atoms. The molecule has 6 fully saturated rings. The van der Waals surface area contributed by atoms with Gasteiger partial charge in [0.25, 0.3) is 21.6 Å². The standard InChI is InChI=1S/2C17H25O3S.2C17H21O2S.C16H19F8NO8S2.C7H9F5O5S/c2*1-17(2,3)16(21-11-9-20-10-12-21)15(18)13-5-7-14(19-4)8-6-13;2*1-18-10-11-19-16-8-9-17(20-12-4-5-13-20)15-7-3-2-6-14(15)16;1-12(2)7-3-4-13(12,8(5-7)33-10(26)9(17)35(30,31)32)6-34(28,29)25-11(27)14(18,19)15(20,21)16(22,23)24;1-2-3-4(13)17-5(6(8,9)10)7(11,12)18(14,15)16/h2*5-8,16H,9-12H2,1-4H3;2*2-3,6-9H,4-5,10-13H2,1H3;7-9H,3-6H2,1-2H3,(H,25,27)(H,30,31,32);5H,2-3H2,1H3,(H,14,15,16)/q4*+1;;/p-3. The van der Waals surface area contributed by atoms with Crippen LogP contribution in [0.25, 0.3) is 21.5 Å². The zero-order valence-electron chi connectivity index (χ0n) is 77.0. The predicted molar refractivity (Wildman–Crippen MR) is 489 cm³/mol. The first-order chi connectivity index (χ1) is 62.8. The first-order valence-electron chi connectivity index (χ1n) is 43.0. The molecule has 6 aliphatic rings. The summed E-state index contributed by atoms with van der Waals surface area (Å²) in [6, 6.07) is 41.0. The van der Waals surface area contributed by atoms with E-state index in [1.165, 1.54) is 101 Å². The van der Waals surface area contributed by atoms with E-state index < -0.39 is 124 Å². The number of hydrogen-bond acceptors (Lipinski definition) is 23. The lowest BCUT2D eigenvalue weighted by Gasteiger charge is -2.41. The van der Waals surface area contributed by atoms with Gasteiger partial charge in [0.2, 0.25) is 11.6 Å². The summed E-state index contributed by atoms with van der Waals surface area (Å²) in [7, 11) is -10.2. The van der Waals surface area contributed by atoms with Crippen molar-refractivity contribution in [3.05, 3.63) is 132 Å². The van der Waals surface area contributed by atoms with Crippen molar-refractivity contribution in [2.24, 2.45) is 32.0 Å². The minimum atomic E-state index is -6.96. The first-order valence-corrected chi connectivity index (χ1v) is 53.9. The largest absolute Gasteiger partial charge is 0.857 e. The minimum Gasteiger partial charge on any atom is -0.857 e. The van der Waals surface area contributed by atoms with Gasteiger partial charge in [0.05, 0.1) is 65.5 Å². The summed E-state index contributed by atoms with van der Waals surface area (Å²) in [4.78, 5) is 51.6. The number of halogens is 13. The number of esters is 2. The summed E-state index contributed by atoms with van der Waals surface area (Å²) in [5.41, 5.74) is -5.25. The van der Waals surface area contributed by atoms with Crippen molar-refractivity contribution in [1.82, 2.24) is 0 Å². The average molecular weight is 2060 g/mol. The van der Waals surface area contributed by atoms with Crippen LogP contribution >= 0.6 is 0 Å². The summed E-state index contributed by atoms with van der Waals surface area (Å²) >= 11 is 0. The molecular weight excluding hydrogens is 1950 g/mol. The van der Waals surface area contributed by atoms with Crippen LogP contribution in [-0.4, -0.2) is 254 Å². The van der Waals surface area contributed by atoms with E-state index in [0.717, 1.165) is 83.6 Å². The van der Waals surface area contributed by atoms with Gasteiger partial charge in [-0.05, 0) is 148 Å². The van der Waals surface area contributed by atoms with Crippen molar-refractivity contribution < 1.29 is 163 Å². The minimum absolute atomic E-state index is 0.000886. The maximum atomic E-state index is 13.6. The van der Waals surface area contributed by atoms with E-state index >= 15 is 0 Å². The number of fused-ring (bicyclic) bond motifs is 4. The lowest BCUT2D eigenvalue weighted by Crippen LogP contribution is -2.59. The van der Waals surface area contributed by atoms with Gasteiger partial charge in [-0.25, -0.2) is 34.4 Å². The molecule has 7 unspecified atom stereocenters. The highest BCUT2D eigenvalue weighted by molar-refractivity contribution is 7.99. The lowest BCUT2D eigenvalue weighted by atomic mass is 9.69. The van der Waals surface area contributed by atoms with Crippen LogP contribution in [0.5, 0.6) is 23.0 Å². The molecule has 4 saturated heterocycles. The van der Waals surface area contributed by atoms with Crippen molar-refractivity contribution in [2.45, 2.75) is 188 Å². The number of Topliss-reactive ketones (excluding diaryl/α,β-unsaturated/α-hetero) is 2. The molecule has 135 heavy (non-hydrogen) atoms. The third-order valence-electron chi connectivity index (χ3n) is 23.3. The molecule has 6 aromatic carbocycles. The fourth-order valence-electron chi connectivity index (χ4n) is 16.4.